The average Bonchev–Trinajstić information content (AvgIpc) is 2.68. The van der Waals surface area contributed by atoms with Gasteiger partial charge in [-0.25, -0.2) is 8.42 Å². The Hall–Kier alpha value is -2.74. The first-order valence-corrected chi connectivity index (χ1v) is 10.0. The molecule has 0 radical (unpaired) electrons. The smallest absolute Gasteiger partial charge is 0.224 e. The lowest BCUT2D eigenvalue weighted by atomic mass is 10.1. The highest BCUT2D eigenvalue weighted by Gasteiger charge is 2.26. The van der Waals surface area contributed by atoms with Gasteiger partial charge in [-0.2, -0.15) is 0 Å². The summed E-state index contributed by atoms with van der Waals surface area (Å²) in [6.45, 7) is 1.67. The molecule has 6 N–H and O–H groups in total. The minimum absolute atomic E-state index is 0.108. The molecule has 3 aromatic rings. The maximum absolute atomic E-state index is 13.2. The Kier molecular flexibility index (Phi) is 5.55. The third-order valence-electron chi connectivity index (χ3n) is 4.32. The zero-order valence-electron chi connectivity index (χ0n) is 14.8. The summed E-state index contributed by atoms with van der Waals surface area (Å²) in [5.41, 5.74) is 12.8. The molecule has 0 unspecified atom stereocenters. The summed E-state index contributed by atoms with van der Waals surface area (Å²) in [4.78, 5) is 0.108. The zero-order valence-corrected chi connectivity index (χ0v) is 15.6. The number of nitrogen functional groups attached to an aromatic ring is 1. The van der Waals surface area contributed by atoms with Gasteiger partial charge in [0.1, 0.15) is 0 Å². The van der Waals surface area contributed by atoms with Gasteiger partial charge >= 0.3 is 0 Å². The van der Waals surface area contributed by atoms with E-state index in [1.807, 2.05) is 18.2 Å². The molecule has 140 valence electrons. The van der Waals surface area contributed by atoms with E-state index in [0.717, 1.165) is 10.9 Å². The molecule has 0 saturated carbocycles. The predicted octanol–water partition coefficient (Wildman–Crippen LogP) is 2.27. The summed E-state index contributed by atoms with van der Waals surface area (Å²) in [5, 5.41) is 12.4. The summed E-state index contributed by atoms with van der Waals surface area (Å²) in [5.74, 6) is 0. The molecule has 0 heterocycles. The average molecular weight is 382 g/mol. The zero-order chi connectivity index (χ0) is 19.4. The van der Waals surface area contributed by atoms with Gasteiger partial charge in [0, 0.05) is 36.3 Å². The maximum Gasteiger partial charge on any atom is 0.224 e. The second-order valence-corrected chi connectivity index (χ2v) is 8.05. The molecule has 0 amide bonds. The van der Waals surface area contributed by atoms with Crippen LogP contribution in [0.15, 0.2) is 65.6 Å². The van der Waals surface area contributed by atoms with Gasteiger partial charge in [-0.1, -0.05) is 42.5 Å². The highest BCUT2D eigenvalue weighted by Crippen LogP contribution is 2.27. The van der Waals surface area contributed by atoms with Crippen molar-refractivity contribution in [2.45, 2.75) is 11.4 Å². The van der Waals surface area contributed by atoms with Crippen LogP contribution in [-0.2, 0) is 16.4 Å². The van der Waals surface area contributed by atoms with Crippen molar-refractivity contribution < 1.29 is 8.42 Å². The number of nitrogens with one attached hydrogen (secondary N) is 2. The second-order valence-electron chi connectivity index (χ2n) is 6.20. The van der Waals surface area contributed by atoms with Crippen molar-refractivity contribution in [1.82, 2.24) is 5.32 Å². The second kappa shape index (κ2) is 7.87. The third-order valence-corrected chi connectivity index (χ3v) is 6.01. The van der Waals surface area contributed by atoms with E-state index in [1.165, 1.54) is 6.07 Å². The molecule has 3 aromatic carbocycles. The van der Waals surface area contributed by atoms with E-state index in [-0.39, 0.29) is 16.1 Å². The molecule has 0 spiro atoms. The molecule has 0 fully saturated rings. The first-order valence-electron chi connectivity index (χ1n) is 8.56. The van der Waals surface area contributed by atoms with Gasteiger partial charge in [-0.3, -0.25) is 5.41 Å². The number of anilines is 1. The molecule has 0 aliphatic carbocycles. The van der Waals surface area contributed by atoms with Crippen LogP contribution >= 0.6 is 0 Å². The molecular formula is C20H22N4O2S. The molecule has 0 saturated heterocycles. The lowest BCUT2D eigenvalue weighted by Gasteiger charge is -2.13. The summed E-state index contributed by atoms with van der Waals surface area (Å²) >= 11 is 0. The molecule has 27 heavy (non-hydrogen) atoms. The van der Waals surface area contributed by atoms with Crippen LogP contribution in [0.5, 0.6) is 0 Å². The van der Waals surface area contributed by atoms with Crippen molar-refractivity contribution in [2.75, 3.05) is 18.8 Å². The highest BCUT2D eigenvalue weighted by molar-refractivity contribution is 8.07. The van der Waals surface area contributed by atoms with Crippen LogP contribution in [0.25, 0.3) is 10.8 Å². The summed E-state index contributed by atoms with van der Waals surface area (Å²) < 4.78 is 26.3. The van der Waals surface area contributed by atoms with E-state index in [9.17, 15) is 8.42 Å². The quantitative estimate of drug-likeness (QED) is 0.225. The number of hydrogen-bond acceptors (Lipinski definition) is 6. The monoisotopic (exact) mass is 382 g/mol. The van der Waals surface area contributed by atoms with Crippen LogP contribution in [0.3, 0.4) is 0 Å². The Labute approximate surface area is 158 Å². The van der Waals surface area contributed by atoms with Crippen LogP contribution in [0.4, 0.5) is 5.69 Å². The normalized spacial score (nSPS) is 11.6. The SMILES string of the molecule is N=C(c1cc(CNCCN)ccc1N)S(=O)(=O)c1cccc2ccccc12. The highest BCUT2D eigenvalue weighted by atomic mass is 32.2. The van der Waals surface area contributed by atoms with Gasteiger partial charge in [0.05, 0.1) is 4.90 Å². The van der Waals surface area contributed by atoms with Crippen LogP contribution < -0.4 is 16.8 Å². The van der Waals surface area contributed by atoms with Gasteiger partial charge in [0.15, 0.2) is 5.04 Å². The van der Waals surface area contributed by atoms with Crippen molar-refractivity contribution in [1.29, 1.82) is 5.41 Å². The van der Waals surface area contributed by atoms with E-state index in [2.05, 4.69) is 5.32 Å². The summed E-state index contributed by atoms with van der Waals surface area (Å²) in [7, 11) is -4.02. The van der Waals surface area contributed by atoms with Gasteiger partial charge < -0.3 is 16.8 Å². The Morgan fingerprint density at radius 2 is 1.78 bits per heavy atom. The Balaban J connectivity index is 2.02. The number of hydrogen-bond donors (Lipinski definition) is 4. The predicted molar refractivity (Wildman–Crippen MR) is 110 cm³/mol. The maximum atomic E-state index is 13.2. The summed E-state index contributed by atoms with van der Waals surface area (Å²) in [6.07, 6.45) is 0. The molecule has 0 aliphatic rings. The Bertz CT molecular complexity index is 1090. The Morgan fingerprint density at radius 3 is 2.56 bits per heavy atom. The largest absolute Gasteiger partial charge is 0.398 e. The molecule has 6 nitrogen and oxygen atoms in total. The number of sulfone groups is 1. The van der Waals surface area contributed by atoms with Gasteiger partial charge in [0.2, 0.25) is 9.84 Å². The molecule has 0 atom stereocenters. The van der Waals surface area contributed by atoms with Crippen LogP contribution in [-0.4, -0.2) is 26.6 Å². The molecule has 3 rings (SSSR count). The first-order chi connectivity index (χ1) is 12.9. The molecular weight excluding hydrogens is 360 g/mol. The third kappa shape index (κ3) is 3.85. The number of rotatable bonds is 6. The molecule has 0 aliphatic heterocycles. The van der Waals surface area contributed by atoms with Crippen molar-refractivity contribution in [3.8, 4) is 0 Å². The van der Waals surface area contributed by atoms with Crippen LogP contribution in [0.2, 0.25) is 0 Å². The van der Waals surface area contributed by atoms with Crippen molar-refractivity contribution >= 4 is 31.3 Å². The minimum atomic E-state index is -4.02. The summed E-state index contributed by atoms with van der Waals surface area (Å²) in [6, 6.07) is 17.3. The van der Waals surface area contributed by atoms with E-state index in [4.69, 9.17) is 16.9 Å². The van der Waals surface area contributed by atoms with E-state index in [0.29, 0.717) is 25.0 Å². The first kappa shape index (κ1) is 19.0. The fourth-order valence-electron chi connectivity index (χ4n) is 2.93. The Morgan fingerprint density at radius 1 is 1.04 bits per heavy atom. The number of nitrogens with two attached hydrogens (primary N) is 2. The topological polar surface area (TPSA) is 122 Å². The standard InChI is InChI=1S/C20H22N4O2S/c21-10-11-24-13-14-8-9-18(22)17(12-14)20(23)27(25,26)19-7-3-5-15-4-1-2-6-16(15)19/h1-9,12,23-24H,10-11,13,21-22H2. The van der Waals surface area contributed by atoms with E-state index in [1.54, 1.807) is 36.4 Å². The van der Waals surface area contributed by atoms with E-state index < -0.39 is 14.9 Å². The van der Waals surface area contributed by atoms with Crippen LogP contribution in [0.1, 0.15) is 11.1 Å². The lowest BCUT2D eigenvalue weighted by molar-refractivity contribution is 0.608. The lowest BCUT2D eigenvalue weighted by Crippen LogP contribution is -2.22. The van der Waals surface area contributed by atoms with Crippen molar-refractivity contribution in [2.24, 2.45) is 5.73 Å². The number of fused-ring (bicyclic) bond motifs is 1. The van der Waals surface area contributed by atoms with Crippen LogP contribution in [0, 0.1) is 5.41 Å². The minimum Gasteiger partial charge on any atom is -0.398 e. The fraction of sp³-hybridized carbons (Fsp3) is 0.150. The van der Waals surface area contributed by atoms with Crippen molar-refractivity contribution in [3.05, 3.63) is 71.8 Å². The molecule has 7 heteroatoms. The van der Waals surface area contributed by atoms with Crippen molar-refractivity contribution in [3.63, 3.8) is 0 Å². The molecule has 0 aromatic heterocycles. The van der Waals surface area contributed by atoms with Gasteiger partial charge in [0.25, 0.3) is 0 Å². The van der Waals surface area contributed by atoms with Gasteiger partial charge in [-0.05, 0) is 29.1 Å². The fourth-order valence-corrected chi connectivity index (χ4v) is 4.35. The molecule has 0 bridgehead atoms. The number of benzene rings is 3. The van der Waals surface area contributed by atoms with E-state index >= 15 is 0 Å². The van der Waals surface area contributed by atoms with Gasteiger partial charge in [-0.15, -0.1) is 0 Å².